The molecule has 3 amide bonds. The number of aliphatic carboxylic acids is 1. The predicted octanol–water partition coefficient (Wildman–Crippen LogP) is 1.66. The van der Waals surface area contributed by atoms with E-state index in [1.54, 1.807) is 12.1 Å². The minimum atomic E-state index is -4.19. The van der Waals surface area contributed by atoms with Gasteiger partial charge in [0.05, 0.1) is 25.7 Å². The number of carboxylic acid groups (broad SMARTS) is 1. The van der Waals surface area contributed by atoms with E-state index in [0.29, 0.717) is 18.5 Å². The molecule has 4 atom stereocenters. The lowest BCUT2D eigenvalue weighted by Gasteiger charge is -2.26. The van der Waals surface area contributed by atoms with Gasteiger partial charge >= 0.3 is 5.97 Å². The van der Waals surface area contributed by atoms with Crippen LogP contribution in [0.25, 0.3) is 0 Å². The summed E-state index contributed by atoms with van der Waals surface area (Å²) >= 11 is 0. The summed E-state index contributed by atoms with van der Waals surface area (Å²) in [6, 6.07) is 14.0. The predicted molar refractivity (Wildman–Crippen MR) is 162 cm³/mol. The first-order valence-electron chi connectivity index (χ1n) is 14.2. The van der Waals surface area contributed by atoms with Crippen molar-refractivity contribution in [3.63, 3.8) is 0 Å². The van der Waals surface area contributed by atoms with E-state index in [4.69, 9.17) is 9.47 Å². The minimum Gasteiger partial charge on any atom is -0.508 e. The van der Waals surface area contributed by atoms with E-state index in [1.165, 1.54) is 26.0 Å². The van der Waals surface area contributed by atoms with Gasteiger partial charge < -0.3 is 40.5 Å². The zero-order valence-corrected chi connectivity index (χ0v) is 25.8. The average Bonchev–Trinajstić information content (AvgIpc) is 2.97. The van der Waals surface area contributed by atoms with Crippen LogP contribution in [-0.4, -0.2) is 89.8 Å². The molecule has 0 aliphatic heterocycles. The number of rotatable bonds is 20. The van der Waals surface area contributed by atoms with Crippen molar-refractivity contribution >= 4 is 31.1 Å². The first kappa shape index (κ1) is 36.4. The number of hydrogen-bond acceptors (Lipinski definition) is 8. The summed E-state index contributed by atoms with van der Waals surface area (Å²) in [7, 11) is -4.19. The number of carbonyl (C=O) groups excluding carboxylic acids is 3. The van der Waals surface area contributed by atoms with Gasteiger partial charge in [0.2, 0.25) is 25.1 Å². The maximum absolute atomic E-state index is 13.2. The number of phenolic OH excluding ortho intramolecular Hbond substituents is 1. The van der Waals surface area contributed by atoms with Crippen molar-refractivity contribution in [2.75, 3.05) is 39.1 Å². The van der Waals surface area contributed by atoms with Crippen LogP contribution >= 0.6 is 7.37 Å². The number of nitrogens with one attached hydrogen (secondary N) is 3. The Balaban J connectivity index is 1.97. The molecule has 13 nitrogen and oxygen atoms in total. The smallest absolute Gasteiger partial charge is 0.307 e. The minimum absolute atomic E-state index is 0.00138. The Labute approximate surface area is 256 Å². The first-order valence-corrected chi connectivity index (χ1v) is 16.1. The number of benzene rings is 2. The Morgan fingerprint density at radius 2 is 1.57 bits per heavy atom. The summed E-state index contributed by atoms with van der Waals surface area (Å²) < 4.78 is 23.8. The van der Waals surface area contributed by atoms with Gasteiger partial charge in [-0.15, -0.1) is 0 Å². The maximum Gasteiger partial charge on any atom is 0.307 e. The van der Waals surface area contributed by atoms with E-state index in [-0.39, 0.29) is 50.9 Å². The van der Waals surface area contributed by atoms with Crippen molar-refractivity contribution < 1.29 is 48.3 Å². The average molecular weight is 636 g/mol. The number of aromatic hydroxyl groups is 1. The van der Waals surface area contributed by atoms with Crippen LogP contribution in [0.5, 0.6) is 5.75 Å². The summed E-state index contributed by atoms with van der Waals surface area (Å²) in [4.78, 5) is 59.3. The number of carboxylic acids is 1. The topological polar surface area (TPSA) is 201 Å². The van der Waals surface area contributed by atoms with E-state index >= 15 is 0 Å². The molecule has 2 aromatic rings. The van der Waals surface area contributed by atoms with Gasteiger partial charge in [-0.1, -0.05) is 42.5 Å². The van der Waals surface area contributed by atoms with Crippen LogP contribution in [0.2, 0.25) is 0 Å². The molecule has 14 heteroatoms. The van der Waals surface area contributed by atoms with Crippen molar-refractivity contribution in [2.45, 2.75) is 44.9 Å². The third-order valence-electron chi connectivity index (χ3n) is 6.67. The first-order chi connectivity index (χ1) is 20.9. The highest BCUT2D eigenvalue weighted by molar-refractivity contribution is 7.58. The molecule has 2 rings (SSSR count). The van der Waals surface area contributed by atoms with Crippen molar-refractivity contribution in [1.82, 2.24) is 16.0 Å². The molecule has 0 aliphatic rings. The third-order valence-corrected chi connectivity index (χ3v) is 8.97. The molecule has 1 unspecified atom stereocenters. The molecule has 242 valence electrons. The van der Waals surface area contributed by atoms with Gasteiger partial charge in [0.1, 0.15) is 24.2 Å². The molecule has 0 radical (unpaired) electrons. The largest absolute Gasteiger partial charge is 0.508 e. The molecule has 0 saturated heterocycles. The zero-order valence-electron chi connectivity index (χ0n) is 24.9. The maximum atomic E-state index is 13.2. The second-order valence-corrected chi connectivity index (χ2v) is 13.0. The monoisotopic (exact) mass is 635 g/mol. The standard InChI is InChI=1S/C30H42N3O10P/c1-21(34)31-14-15-42-16-17-43-19-28(36)33-27(18-24-9-12-26(35)13-10-24)29(37)32-22(2)44(40,41)20-25(30(38)39)11-8-23-6-4-3-5-7-23/h3-7,9-10,12-13,22,25,27,35H,8,11,14-20H2,1-2H3,(H,31,34)(H,32,37)(H,33,36)(H,38,39)(H,40,41)/t22-,25-,27+/m1/s1. The van der Waals surface area contributed by atoms with Gasteiger partial charge in [0.25, 0.3) is 0 Å². The van der Waals surface area contributed by atoms with Crippen LogP contribution in [0.15, 0.2) is 54.6 Å². The van der Waals surface area contributed by atoms with Gasteiger partial charge in [-0.05, 0) is 43.0 Å². The van der Waals surface area contributed by atoms with Crippen molar-refractivity contribution in [3.8, 4) is 5.75 Å². The van der Waals surface area contributed by atoms with Gasteiger partial charge in [-0.25, -0.2) is 0 Å². The summed E-state index contributed by atoms with van der Waals surface area (Å²) in [6.07, 6.45) is 0.0166. The highest BCUT2D eigenvalue weighted by Gasteiger charge is 2.35. The third kappa shape index (κ3) is 14.1. The summed E-state index contributed by atoms with van der Waals surface area (Å²) in [5.41, 5.74) is 1.50. The fourth-order valence-electron chi connectivity index (χ4n) is 4.16. The van der Waals surface area contributed by atoms with Gasteiger partial charge in [0, 0.05) is 26.1 Å². The number of carbonyl (C=O) groups is 4. The number of amides is 3. The lowest BCUT2D eigenvalue weighted by Crippen LogP contribution is -2.51. The molecule has 0 aliphatic carbocycles. The summed E-state index contributed by atoms with van der Waals surface area (Å²) in [5, 5.41) is 26.9. The number of ether oxygens (including phenoxy) is 2. The second-order valence-electron chi connectivity index (χ2n) is 10.3. The normalized spacial score (nSPS) is 14.4. The lowest BCUT2D eigenvalue weighted by molar-refractivity contribution is -0.141. The Kier molecular flexibility index (Phi) is 15.6. The van der Waals surface area contributed by atoms with Gasteiger partial charge in [-0.3, -0.25) is 23.7 Å². The number of hydrogen-bond donors (Lipinski definition) is 6. The molecule has 0 heterocycles. The van der Waals surface area contributed by atoms with Crippen LogP contribution in [0.1, 0.15) is 31.4 Å². The quantitative estimate of drug-likeness (QED) is 0.0918. The van der Waals surface area contributed by atoms with Crippen LogP contribution in [0, 0.1) is 5.92 Å². The summed E-state index contributed by atoms with van der Waals surface area (Å²) in [5.74, 6) is -5.12. The van der Waals surface area contributed by atoms with E-state index in [9.17, 15) is 38.8 Å². The molecule has 0 aromatic heterocycles. The molecular formula is C30H42N3O10P. The van der Waals surface area contributed by atoms with E-state index < -0.39 is 49.1 Å². The number of phenols is 1. The summed E-state index contributed by atoms with van der Waals surface area (Å²) in [6.45, 7) is 3.21. The van der Waals surface area contributed by atoms with Crippen LogP contribution in [0.3, 0.4) is 0 Å². The van der Waals surface area contributed by atoms with E-state index in [1.807, 2.05) is 30.3 Å². The molecule has 2 aromatic carbocycles. The SMILES string of the molecule is CC(=O)NCCOCCOCC(=O)N[C@@H](Cc1ccc(O)cc1)C(=O)N[C@@H](C)P(=O)(O)C[C@@H](CCc1ccccc1)C(=O)O. The fourth-order valence-corrected chi connectivity index (χ4v) is 5.77. The number of aryl methyl sites for hydroxylation is 1. The molecule has 0 fully saturated rings. The Morgan fingerprint density at radius 3 is 2.20 bits per heavy atom. The molecule has 6 N–H and O–H groups in total. The van der Waals surface area contributed by atoms with E-state index in [0.717, 1.165) is 5.56 Å². The van der Waals surface area contributed by atoms with E-state index in [2.05, 4.69) is 16.0 Å². The van der Waals surface area contributed by atoms with Crippen LogP contribution in [0.4, 0.5) is 0 Å². The Morgan fingerprint density at radius 1 is 0.909 bits per heavy atom. The Hall–Kier alpha value is -3.77. The fraction of sp³-hybridized carbons (Fsp3) is 0.467. The molecule has 0 spiro atoms. The second kappa shape index (κ2) is 18.8. The van der Waals surface area contributed by atoms with Crippen molar-refractivity contribution in [2.24, 2.45) is 5.92 Å². The highest BCUT2D eigenvalue weighted by atomic mass is 31.2. The van der Waals surface area contributed by atoms with Crippen molar-refractivity contribution in [3.05, 3.63) is 65.7 Å². The van der Waals surface area contributed by atoms with Gasteiger partial charge in [0.15, 0.2) is 0 Å². The lowest BCUT2D eigenvalue weighted by atomic mass is 10.0. The zero-order chi connectivity index (χ0) is 32.5. The molecular weight excluding hydrogens is 593 g/mol. The molecule has 0 saturated carbocycles. The highest BCUT2D eigenvalue weighted by Crippen LogP contribution is 2.47. The van der Waals surface area contributed by atoms with Crippen LogP contribution in [-0.2, 0) is 46.1 Å². The Bertz CT molecular complexity index is 1260. The molecule has 44 heavy (non-hydrogen) atoms. The van der Waals surface area contributed by atoms with Crippen molar-refractivity contribution in [1.29, 1.82) is 0 Å². The molecule has 0 bridgehead atoms. The van der Waals surface area contributed by atoms with Gasteiger partial charge in [-0.2, -0.15) is 0 Å². The van der Waals surface area contributed by atoms with Crippen LogP contribution < -0.4 is 16.0 Å².